The lowest BCUT2D eigenvalue weighted by Crippen LogP contribution is -1.98. The molecule has 0 spiro atoms. The lowest BCUT2D eigenvalue weighted by atomic mass is 10.0. The molecule has 0 aliphatic heterocycles. The number of para-hydroxylation sites is 2. The Hall–Kier alpha value is -5.41. The number of fused-ring (bicyclic) bond motifs is 12. The summed E-state index contributed by atoms with van der Waals surface area (Å²) in [6.07, 6.45) is 1.86. The summed E-state index contributed by atoms with van der Waals surface area (Å²) >= 11 is 0. The fourth-order valence-corrected chi connectivity index (χ4v) is 6.63. The van der Waals surface area contributed by atoms with E-state index in [0.717, 1.165) is 16.9 Å². The van der Waals surface area contributed by atoms with Crippen LogP contribution in [0.5, 0.6) is 0 Å². The summed E-state index contributed by atoms with van der Waals surface area (Å²) in [5, 5.41) is 7.54. The zero-order valence-corrected chi connectivity index (χ0v) is 21.6. The second-order valence-electron chi connectivity index (χ2n) is 10.4. The Kier molecular flexibility index (Phi) is 4.33. The van der Waals surface area contributed by atoms with Crippen molar-refractivity contribution in [3.63, 3.8) is 0 Å². The van der Waals surface area contributed by atoms with Crippen LogP contribution in [-0.4, -0.2) is 14.0 Å². The van der Waals surface area contributed by atoms with Crippen LogP contribution in [-0.2, 0) is 0 Å². The Morgan fingerprint density at radius 1 is 0.450 bits per heavy atom. The highest BCUT2D eigenvalue weighted by atomic mass is 15.0. The summed E-state index contributed by atoms with van der Waals surface area (Å²) in [4.78, 5) is 4.63. The van der Waals surface area contributed by atoms with Crippen molar-refractivity contribution in [2.45, 2.75) is 0 Å². The number of hydrogen-bond acceptors (Lipinski definition) is 1. The minimum atomic E-state index is 0.972. The summed E-state index contributed by atoms with van der Waals surface area (Å²) in [6, 6.07) is 48.1. The molecule has 0 aliphatic rings. The van der Waals surface area contributed by atoms with E-state index in [1.54, 1.807) is 0 Å². The van der Waals surface area contributed by atoms with Crippen LogP contribution in [0.15, 0.2) is 140 Å². The normalized spacial score (nSPS) is 12.0. The van der Waals surface area contributed by atoms with Crippen LogP contribution in [0.3, 0.4) is 0 Å². The Morgan fingerprint density at radius 3 is 1.98 bits per heavy atom. The number of pyridine rings is 2. The fourth-order valence-electron chi connectivity index (χ4n) is 6.63. The maximum atomic E-state index is 4.63. The number of hydrogen-bond donors (Lipinski definition) is 0. The van der Waals surface area contributed by atoms with Crippen molar-refractivity contribution >= 4 is 59.9 Å². The summed E-state index contributed by atoms with van der Waals surface area (Å²) in [6.45, 7) is 0. The van der Waals surface area contributed by atoms with Crippen LogP contribution >= 0.6 is 0 Å². The molecule has 5 aromatic carbocycles. The molecule has 3 nitrogen and oxygen atoms in total. The molecule has 0 radical (unpaired) electrons. The first-order chi connectivity index (χ1) is 19.9. The highest BCUT2D eigenvalue weighted by Crippen LogP contribution is 2.41. The lowest BCUT2D eigenvalue weighted by Gasteiger charge is -2.15. The van der Waals surface area contributed by atoms with E-state index in [1.165, 1.54) is 59.9 Å². The van der Waals surface area contributed by atoms with Gasteiger partial charge in [0.1, 0.15) is 0 Å². The molecule has 40 heavy (non-hydrogen) atoms. The van der Waals surface area contributed by atoms with Gasteiger partial charge in [-0.25, -0.2) is 0 Å². The number of aromatic nitrogens is 3. The van der Waals surface area contributed by atoms with Gasteiger partial charge in [0.25, 0.3) is 0 Å². The third-order valence-corrected chi connectivity index (χ3v) is 8.30. The Balaban J connectivity index is 1.54. The quantitative estimate of drug-likeness (QED) is 0.213. The third kappa shape index (κ3) is 2.86. The standard InChI is InChI=1S/C37H23N3/c1-5-17-33-25(10-1)23-35-28-14-3-2-13-27(28)30-19-20-31-29-15-4-6-18-34(29)39(36(31)37(30)40(33)35)26-12-9-11-24(22-26)32-16-7-8-21-38-32/h1-23H. The fraction of sp³-hybridized carbons (Fsp3) is 0. The molecule has 0 aliphatic carbocycles. The summed E-state index contributed by atoms with van der Waals surface area (Å²) in [5.74, 6) is 0. The van der Waals surface area contributed by atoms with Gasteiger partial charge < -0.3 is 8.97 Å². The molecule has 0 atom stereocenters. The van der Waals surface area contributed by atoms with Crippen LogP contribution in [0.1, 0.15) is 0 Å². The summed E-state index contributed by atoms with van der Waals surface area (Å²) in [7, 11) is 0. The number of rotatable bonds is 2. The van der Waals surface area contributed by atoms with Crippen molar-refractivity contribution in [1.82, 2.24) is 14.0 Å². The molecular formula is C37H23N3. The minimum Gasteiger partial charge on any atom is -0.307 e. The summed E-state index contributed by atoms with van der Waals surface area (Å²) < 4.78 is 4.93. The third-order valence-electron chi connectivity index (χ3n) is 8.30. The van der Waals surface area contributed by atoms with Gasteiger partial charge in [-0.15, -0.1) is 0 Å². The van der Waals surface area contributed by atoms with Crippen molar-refractivity contribution in [2.75, 3.05) is 0 Å². The maximum absolute atomic E-state index is 4.63. The van der Waals surface area contributed by atoms with Crippen LogP contribution in [0.25, 0.3) is 76.8 Å². The predicted molar refractivity (Wildman–Crippen MR) is 167 cm³/mol. The molecule has 3 heteroatoms. The smallest absolute Gasteiger partial charge is 0.0788 e. The van der Waals surface area contributed by atoms with Gasteiger partial charge in [-0.05, 0) is 47.9 Å². The molecule has 0 bridgehead atoms. The molecule has 4 aromatic heterocycles. The summed E-state index contributed by atoms with van der Waals surface area (Å²) in [5.41, 5.74) is 9.29. The number of nitrogens with zero attached hydrogens (tertiary/aromatic N) is 3. The minimum absolute atomic E-state index is 0.972. The molecule has 9 rings (SSSR count). The highest BCUT2D eigenvalue weighted by Gasteiger charge is 2.20. The van der Waals surface area contributed by atoms with Crippen LogP contribution in [0, 0.1) is 0 Å². The first-order valence-electron chi connectivity index (χ1n) is 13.7. The largest absolute Gasteiger partial charge is 0.307 e. The molecule has 9 aromatic rings. The molecule has 0 saturated heterocycles. The first-order valence-corrected chi connectivity index (χ1v) is 13.7. The molecule has 0 unspecified atom stereocenters. The van der Waals surface area contributed by atoms with E-state index in [2.05, 4.69) is 135 Å². The van der Waals surface area contributed by atoms with Gasteiger partial charge in [0.15, 0.2) is 0 Å². The second kappa shape index (κ2) is 8.05. The van der Waals surface area contributed by atoms with E-state index in [9.17, 15) is 0 Å². The van der Waals surface area contributed by atoms with E-state index in [-0.39, 0.29) is 0 Å². The van der Waals surface area contributed by atoms with Gasteiger partial charge in [0.2, 0.25) is 0 Å². The average molecular weight is 510 g/mol. The van der Waals surface area contributed by atoms with Gasteiger partial charge in [0.05, 0.1) is 33.3 Å². The van der Waals surface area contributed by atoms with E-state index in [1.807, 2.05) is 18.3 Å². The molecular weight excluding hydrogens is 486 g/mol. The molecule has 186 valence electrons. The SMILES string of the molecule is c1ccc(-c2cccc(-n3c4ccccc4c4ccc5c6ccccc6c6cc7ccccc7n6c5c43)c2)nc1. The van der Waals surface area contributed by atoms with E-state index < -0.39 is 0 Å². The Labute approximate surface area is 230 Å². The van der Waals surface area contributed by atoms with Crippen molar-refractivity contribution in [1.29, 1.82) is 0 Å². The van der Waals surface area contributed by atoms with Gasteiger partial charge in [-0.2, -0.15) is 0 Å². The van der Waals surface area contributed by atoms with Crippen LogP contribution < -0.4 is 0 Å². The zero-order chi connectivity index (χ0) is 26.2. The topological polar surface area (TPSA) is 22.2 Å². The molecule has 0 fully saturated rings. The first kappa shape index (κ1) is 21.5. The second-order valence-corrected chi connectivity index (χ2v) is 10.4. The van der Waals surface area contributed by atoms with E-state index in [4.69, 9.17) is 0 Å². The van der Waals surface area contributed by atoms with Crippen molar-refractivity contribution in [3.8, 4) is 16.9 Å². The van der Waals surface area contributed by atoms with Gasteiger partial charge >= 0.3 is 0 Å². The molecule has 4 heterocycles. The molecule has 0 N–H and O–H groups in total. The van der Waals surface area contributed by atoms with E-state index in [0.29, 0.717) is 0 Å². The van der Waals surface area contributed by atoms with Gasteiger partial charge in [-0.3, -0.25) is 4.98 Å². The van der Waals surface area contributed by atoms with Crippen molar-refractivity contribution in [3.05, 3.63) is 140 Å². The Morgan fingerprint density at radius 2 is 1.15 bits per heavy atom. The van der Waals surface area contributed by atoms with Crippen molar-refractivity contribution < 1.29 is 0 Å². The molecule has 0 saturated carbocycles. The van der Waals surface area contributed by atoms with Crippen LogP contribution in [0.2, 0.25) is 0 Å². The van der Waals surface area contributed by atoms with Crippen LogP contribution in [0.4, 0.5) is 0 Å². The van der Waals surface area contributed by atoms with Crippen molar-refractivity contribution in [2.24, 2.45) is 0 Å². The predicted octanol–water partition coefficient (Wildman–Crippen LogP) is 9.56. The average Bonchev–Trinajstić information content (AvgIpc) is 3.58. The molecule has 0 amide bonds. The lowest BCUT2D eigenvalue weighted by molar-refractivity contribution is 1.18. The van der Waals surface area contributed by atoms with Gasteiger partial charge in [-0.1, -0.05) is 91.0 Å². The zero-order valence-electron chi connectivity index (χ0n) is 21.6. The Bertz CT molecular complexity index is 2430. The maximum Gasteiger partial charge on any atom is 0.0788 e. The highest BCUT2D eigenvalue weighted by molar-refractivity contribution is 6.25. The number of benzene rings is 5. The monoisotopic (exact) mass is 509 g/mol. The van der Waals surface area contributed by atoms with E-state index >= 15 is 0 Å². The van der Waals surface area contributed by atoms with Gasteiger partial charge in [0, 0.05) is 44.4 Å².